The summed E-state index contributed by atoms with van der Waals surface area (Å²) in [4.78, 5) is 16.0. The third-order valence-electron chi connectivity index (χ3n) is 4.15. The third kappa shape index (κ3) is 4.59. The fourth-order valence-electron chi connectivity index (χ4n) is 2.65. The van der Waals surface area contributed by atoms with E-state index >= 15 is 0 Å². The lowest BCUT2D eigenvalue weighted by Gasteiger charge is -2.19. The van der Waals surface area contributed by atoms with Gasteiger partial charge in [0, 0.05) is 12.1 Å². The molecule has 0 aliphatic rings. The first-order valence-electron chi connectivity index (χ1n) is 9.05. The van der Waals surface area contributed by atoms with Gasteiger partial charge in [0.2, 0.25) is 5.91 Å². The molecule has 1 aromatic carbocycles. The highest BCUT2D eigenvalue weighted by molar-refractivity contribution is 7.99. The maximum absolute atomic E-state index is 12.1. The minimum Gasteiger partial charge on any atom is -0.315 e. The lowest BCUT2D eigenvalue weighted by Crippen LogP contribution is -2.15. The van der Waals surface area contributed by atoms with Crippen molar-refractivity contribution in [3.63, 3.8) is 0 Å². The number of carbonyl (C=O) groups excluding carboxylic acids is 1. The maximum Gasteiger partial charge on any atom is 0.328 e. The molecule has 2 aromatic heterocycles. The molecule has 0 saturated heterocycles. The number of aryl methyl sites for hydroxylation is 1. The van der Waals surface area contributed by atoms with Crippen molar-refractivity contribution in [3.05, 3.63) is 35.7 Å². The molecule has 0 fully saturated rings. The van der Waals surface area contributed by atoms with E-state index in [0.717, 1.165) is 11.4 Å². The SMILES string of the molecule is CCn1c(SCC(=O)Nc2nc(C)no2)nnc1-c1ccc(C(C)(C)C)cc1. The first-order chi connectivity index (χ1) is 13.3. The van der Waals surface area contributed by atoms with Gasteiger partial charge in [-0.05, 0) is 24.8 Å². The molecule has 28 heavy (non-hydrogen) atoms. The second-order valence-electron chi connectivity index (χ2n) is 7.36. The lowest BCUT2D eigenvalue weighted by atomic mass is 9.87. The zero-order chi connectivity index (χ0) is 20.3. The zero-order valence-electron chi connectivity index (χ0n) is 16.7. The molecule has 0 spiro atoms. The quantitative estimate of drug-likeness (QED) is 0.630. The molecule has 3 aromatic rings. The van der Waals surface area contributed by atoms with Gasteiger partial charge in [-0.2, -0.15) is 4.98 Å². The predicted octanol–water partition coefficient (Wildman–Crippen LogP) is 3.68. The normalized spacial score (nSPS) is 11.6. The minimum atomic E-state index is -0.240. The molecule has 0 atom stereocenters. The van der Waals surface area contributed by atoms with Crippen LogP contribution in [0.2, 0.25) is 0 Å². The van der Waals surface area contributed by atoms with Gasteiger partial charge in [0.15, 0.2) is 16.8 Å². The van der Waals surface area contributed by atoms with Crippen molar-refractivity contribution in [3.8, 4) is 11.4 Å². The largest absolute Gasteiger partial charge is 0.328 e. The Bertz CT molecular complexity index is 956. The fraction of sp³-hybridized carbons (Fsp3) is 0.421. The number of anilines is 1. The number of thioether (sulfide) groups is 1. The summed E-state index contributed by atoms with van der Waals surface area (Å²) < 4.78 is 6.89. The Morgan fingerprint density at radius 2 is 1.93 bits per heavy atom. The van der Waals surface area contributed by atoms with Crippen LogP contribution in [-0.4, -0.2) is 36.6 Å². The Hall–Kier alpha value is -2.68. The summed E-state index contributed by atoms with van der Waals surface area (Å²) in [5, 5.41) is 15.5. The van der Waals surface area contributed by atoms with Crippen LogP contribution in [0.3, 0.4) is 0 Å². The Labute approximate surface area is 168 Å². The molecule has 3 rings (SSSR count). The molecule has 0 bridgehead atoms. The number of aromatic nitrogens is 5. The Balaban J connectivity index is 1.70. The smallest absolute Gasteiger partial charge is 0.315 e. The molecule has 9 heteroatoms. The molecule has 148 valence electrons. The van der Waals surface area contributed by atoms with E-state index in [4.69, 9.17) is 4.52 Å². The maximum atomic E-state index is 12.1. The van der Waals surface area contributed by atoms with E-state index in [1.165, 1.54) is 17.3 Å². The molecule has 0 saturated carbocycles. The fourth-order valence-corrected chi connectivity index (χ4v) is 3.45. The summed E-state index contributed by atoms with van der Waals surface area (Å²) in [6.45, 7) is 11.0. The molecule has 0 aliphatic heterocycles. The van der Waals surface area contributed by atoms with Crippen LogP contribution in [0.5, 0.6) is 0 Å². The van der Waals surface area contributed by atoms with Crippen LogP contribution >= 0.6 is 11.8 Å². The number of rotatable bonds is 6. The van der Waals surface area contributed by atoms with Gasteiger partial charge in [0.25, 0.3) is 0 Å². The minimum absolute atomic E-state index is 0.0969. The molecule has 0 radical (unpaired) electrons. The molecule has 1 amide bonds. The summed E-state index contributed by atoms with van der Waals surface area (Å²) in [5.74, 6) is 1.19. The second-order valence-corrected chi connectivity index (χ2v) is 8.30. The Morgan fingerprint density at radius 3 is 2.50 bits per heavy atom. The van der Waals surface area contributed by atoms with Gasteiger partial charge in [0.1, 0.15) is 0 Å². The molecule has 0 aliphatic carbocycles. The van der Waals surface area contributed by atoms with Crippen molar-refractivity contribution in [2.45, 2.75) is 51.7 Å². The monoisotopic (exact) mass is 400 g/mol. The van der Waals surface area contributed by atoms with Crippen molar-refractivity contribution in [1.29, 1.82) is 0 Å². The average molecular weight is 401 g/mol. The van der Waals surface area contributed by atoms with Gasteiger partial charge in [-0.15, -0.1) is 10.2 Å². The van der Waals surface area contributed by atoms with Crippen LogP contribution in [0, 0.1) is 6.92 Å². The van der Waals surface area contributed by atoms with Crippen molar-refractivity contribution in [1.82, 2.24) is 24.9 Å². The molecule has 8 nitrogen and oxygen atoms in total. The van der Waals surface area contributed by atoms with E-state index in [9.17, 15) is 4.79 Å². The van der Waals surface area contributed by atoms with Gasteiger partial charge in [-0.1, -0.05) is 62.0 Å². The van der Waals surface area contributed by atoms with E-state index < -0.39 is 0 Å². The van der Waals surface area contributed by atoms with Crippen LogP contribution in [0.15, 0.2) is 33.9 Å². The Morgan fingerprint density at radius 1 is 1.21 bits per heavy atom. The molecular weight excluding hydrogens is 376 g/mol. The molecule has 1 N–H and O–H groups in total. The molecular formula is C19H24N6O2S. The lowest BCUT2D eigenvalue weighted by molar-refractivity contribution is -0.114. The van der Waals surface area contributed by atoms with Crippen LogP contribution in [0.25, 0.3) is 11.4 Å². The van der Waals surface area contributed by atoms with Crippen molar-refractivity contribution in [2.75, 3.05) is 11.1 Å². The number of nitrogens with zero attached hydrogens (tertiary/aromatic N) is 5. The van der Waals surface area contributed by atoms with Crippen molar-refractivity contribution < 1.29 is 9.32 Å². The van der Waals surface area contributed by atoms with Gasteiger partial charge in [-0.3, -0.25) is 10.1 Å². The van der Waals surface area contributed by atoms with E-state index in [1.807, 2.05) is 11.5 Å². The van der Waals surface area contributed by atoms with Gasteiger partial charge < -0.3 is 9.09 Å². The van der Waals surface area contributed by atoms with Crippen LogP contribution in [-0.2, 0) is 16.8 Å². The van der Waals surface area contributed by atoms with Crippen LogP contribution < -0.4 is 5.32 Å². The first kappa shape index (κ1) is 20.1. The highest BCUT2D eigenvalue weighted by Gasteiger charge is 2.17. The standard InChI is InChI=1S/C19H24N6O2S/c1-6-25-16(13-7-9-14(10-8-13)19(3,4)5)22-23-18(25)28-11-15(26)21-17-20-12(2)24-27-17/h7-10H,6,11H2,1-5H3,(H,20,21,24,26). The average Bonchev–Trinajstić information content (AvgIpc) is 3.25. The van der Waals surface area contributed by atoms with Gasteiger partial charge in [-0.25, -0.2) is 0 Å². The third-order valence-corrected chi connectivity index (χ3v) is 5.12. The van der Waals surface area contributed by atoms with Crippen molar-refractivity contribution in [2.24, 2.45) is 0 Å². The number of hydrogen-bond donors (Lipinski definition) is 1. The van der Waals surface area contributed by atoms with E-state index in [2.05, 4.69) is 70.7 Å². The number of amides is 1. The van der Waals surface area contributed by atoms with E-state index in [-0.39, 0.29) is 23.1 Å². The number of benzene rings is 1. The summed E-state index contributed by atoms with van der Waals surface area (Å²) in [5.41, 5.74) is 2.36. The number of nitrogens with one attached hydrogen (secondary N) is 1. The molecule has 2 heterocycles. The van der Waals surface area contributed by atoms with Crippen LogP contribution in [0.1, 0.15) is 39.1 Å². The summed E-state index contributed by atoms with van der Waals surface area (Å²) in [6, 6.07) is 8.47. The summed E-state index contributed by atoms with van der Waals surface area (Å²) >= 11 is 1.32. The Kier molecular flexibility index (Phi) is 5.83. The second kappa shape index (κ2) is 8.14. The van der Waals surface area contributed by atoms with Crippen molar-refractivity contribution >= 4 is 23.7 Å². The topological polar surface area (TPSA) is 98.7 Å². The summed E-state index contributed by atoms with van der Waals surface area (Å²) in [6.07, 6.45) is 0. The zero-order valence-corrected chi connectivity index (χ0v) is 17.5. The number of hydrogen-bond acceptors (Lipinski definition) is 7. The van der Waals surface area contributed by atoms with E-state index in [0.29, 0.717) is 17.5 Å². The highest BCUT2D eigenvalue weighted by Crippen LogP contribution is 2.27. The highest BCUT2D eigenvalue weighted by atomic mass is 32.2. The summed E-state index contributed by atoms with van der Waals surface area (Å²) in [7, 11) is 0. The van der Waals surface area contributed by atoms with Gasteiger partial charge >= 0.3 is 6.01 Å². The number of carbonyl (C=O) groups is 1. The van der Waals surface area contributed by atoms with E-state index in [1.54, 1.807) is 6.92 Å². The predicted molar refractivity (Wildman–Crippen MR) is 108 cm³/mol. The van der Waals surface area contributed by atoms with Crippen LogP contribution in [0.4, 0.5) is 6.01 Å². The molecule has 0 unspecified atom stereocenters. The first-order valence-corrected chi connectivity index (χ1v) is 10.0. The van der Waals surface area contributed by atoms with Gasteiger partial charge in [0.05, 0.1) is 5.75 Å².